The van der Waals surface area contributed by atoms with E-state index in [2.05, 4.69) is 48.2 Å². The first-order valence-electron chi connectivity index (χ1n) is 4.62. The Morgan fingerprint density at radius 2 is 2.31 bits per heavy atom. The summed E-state index contributed by atoms with van der Waals surface area (Å²) >= 11 is 3.40. The molecule has 0 bridgehead atoms. The van der Waals surface area contributed by atoms with Gasteiger partial charge in [-0.2, -0.15) is 0 Å². The Balaban J connectivity index is 2.61. The Labute approximate surface area is 89.1 Å². The van der Waals surface area contributed by atoms with Crippen LogP contribution in [0.2, 0.25) is 0 Å². The molecule has 0 amide bonds. The summed E-state index contributed by atoms with van der Waals surface area (Å²) in [6.45, 7) is 13.1. The number of hydrogen-bond donors (Lipinski definition) is 0. The van der Waals surface area contributed by atoms with E-state index in [1.165, 1.54) is 0 Å². The van der Waals surface area contributed by atoms with Gasteiger partial charge >= 0.3 is 0 Å². The zero-order valence-corrected chi connectivity index (χ0v) is 10.2. The van der Waals surface area contributed by atoms with E-state index in [4.69, 9.17) is 4.74 Å². The molecule has 76 valence electrons. The fourth-order valence-corrected chi connectivity index (χ4v) is 1.84. The third-order valence-electron chi connectivity index (χ3n) is 2.42. The van der Waals surface area contributed by atoms with Crippen LogP contribution >= 0.6 is 15.9 Å². The second kappa shape index (κ2) is 4.11. The molecule has 1 heterocycles. The van der Waals surface area contributed by atoms with Crippen molar-refractivity contribution in [3.8, 4) is 0 Å². The van der Waals surface area contributed by atoms with E-state index in [1.807, 2.05) is 0 Å². The topological polar surface area (TPSA) is 12.5 Å². The molecule has 1 rings (SSSR count). The number of morpholine rings is 1. The lowest BCUT2D eigenvalue weighted by atomic mass is 10.0. The third kappa shape index (κ3) is 3.08. The molecule has 0 N–H and O–H groups in total. The maximum Gasteiger partial charge on any atom is 0.0675 e. The highest BCUT2D eigenvalue weighted by atomic mass is 79.9. The lowest BCUT2D eigenvalue weighted by molar-refractivity contribution is -0.0866. The van der Waals surface area contributed by atoms with Crippen LogP contribution in [0.1, 0.15) is 20.8 Å². The van der Waals surface area contributed by atoms with Gasteiger partial charge in [0.25, 0.3) is 0 Å². The summed E-state index contributed by atoms with van der Waals surface area (Å²) in [7, 11) is 0. The molecule has 1 fully saturated rings. The average molecular weight is 248 g/mol. The van der Waals surface area contributed by atoms with Crippen molar-refractivity contribution < 1.29 is 4.74 Å². The number of hydrogen-bond acceptors (Lipinski definition) is 2. The van der Waals surface area contributed by atoms with Gasteiger partial charge in [-0.1, -0.05) is 22.5 Å². The van der Waals surface area contributed by atoms with Crippen molar-refractivity contribution in [3.63, 3.8) is 0 Å². The molecule has 0 aromatic rings. The predicted molar refractivity (Wildman–Crippen MR) is 59.1 cm³/mol. The molecule has 1 unspecified atom stereocenters. The van der Waals surface area contributed by atoms with Gasteiger partial charge in [0.15, 0.2) is 0 Å². The molecule has 0 aliphatic carbocycles. The van der Waals surface area contributed by atoms with Gasteiger partial charge in [-0.25, -0.2) is 0 Å². The van der Waals surface area contributed by atoms with Crippen LogP contribution in [0.25, 0.3) is 0 Å². The third-order valence-corrected chi connectivity index (χ3v) is 2.67. The standard InChI is InChI=1S/C10H18BrNO/c1-8(11)5-12-6-9(2)13-7-10(12,3)4/h9H,1,5-7H2,2-4H3. The normalized spacial score (nSPS) is 28.8. The minimum Gasteiger partial charge on any atom is -0.375 e. The minimum atomic E-state index is 0.128. The van der Waals surface area contributed by atoms with Gasteiger partial charge in [0.2, 0.25) is 0 Å². The lowest BCUT2D eigenvalue weighted by Gasteiger charge is -2.44. The van der Waals surface area contributed by atoms with E-state index in [9.17, 15) is 0 Å². The molecular formula is C10H18BrNO. The first kappa shape index (κ1) is 11.2. The zero-order chi connectivity index (χ0) is 10.1. The Morgan fingerprint density at radius 1 is 1.69 bits per heavy atom. The van der Waals surface area contributed by atoms with Crippen LogP contribution in [0.3, 0.4) is 0 Å². The number of ether oxygens (including phenoxy) is 1. The summed E-state index contributed by atoms with van der Waals surface area (Å²) < 4.78 is 6.65. The van der Waals surface area contributed by atoms with Crippen LogP contribution in [0.4, 0.5) is 0 Å². The minimum absolute atomic E-state index is 0.128. The second-order valence-corrected chi connectivity index (χ2v) is 5.45. The number of rotatable bonds is 2. The lowest BCUT2D eigenvalue weighted by Crippen LogP contribution is -2.55. The summed E-state index contributed by atoms with van der Waals surface area (Å²) in [6.07, 6.45) is 0.333. The van der Waals surface area contributed by atoms with Crippen molar-refractivity contribution in [2.45, 2.75) is 32.4 Å². The van der Waals surface area contributed by atoms with Crippen molar-refractivity contribution >= 4 is 15.9 Å². The maximum atomic E-state index is 5.62. The Morgan fingerprint density at radius 3 is 2.85 bits per heavy atom. The molecule has 0 aromatic heterocycles. The average Bonchev–Trinajstić information content (AvgIpc) is 1.97. The van der Waals surface area contributed by atoms with E-state index >= 15 is 0 Å². The largest absolute Gasteiger partial charge is 0.375 e. The first-order chi connectivity index (χ1) is 5.92. The van der Waals surface area contributed by atoms with Crippen LogP contribution in [-0.4, -0.2) is 36.2 Å². The summed E-state index contributed by atoms with van der Waals surface area (Å²) in [5.74, 6) is 0. The van der Waals surface area contributed by atoms with Crippen LogP contribution in [0.15, 0.2) is 11.1 Å². The van der Waals surface area contributed by atoms with Gasteiger partial charge in [-0.05, 0) is 20.8 Å². The van der Waals surface area contributed by atoms with Crippen LogP contribution in [0, 0.1) is 0 Å². The molecule has 0 aromatic carbocycles. The fourth-order valence-electron chi connectivity index (χ4n) is 1.53. The van der Waals surface area contributed by atoms with Gasteiger partial charge in [-0.15, -0.1) is 0 Å². The molecule has 1 aliphatic rings. The Kier molecular flexibility index (Phi) is 3.55. The van der Waals surface area contributed by atoms with Crippen LogP contribution in [-0.2, 0) is 4.74 Å². The highest BCUT2D eigenvalue weighted by molar-refractivity contribution is 9.11. The van der Waals surface area contributed by atoms with Gasteiger partial charge in [0, 0.05) is 23.1 Å². The zero-order valence-electron chi connectivity index (χ0n) is 8.64. The number of nitrogens with zero attached hydrogens (tertiary/aromatic N) is 1. The van der Waals surface area contributed by atoms with Crippen molar-refractivity contribution in [2.75, 3.05) is 19.7 Å². The predicted octanol–water partition coefficient (Wildman–Crippen LogP) is 2.39. The Bertz CT molecular complexity index is 203. The van der Waals surface area contributed by atoms with Gasteiger partial charge in [0.1, 0.15) is 0 Å². The molecular weight excluding hydrogens is 230 g/mol. The molecule has 1 aliphatic heterocycles. The summed E-state index contributed by atoms with van der Waals surface area (Å²) in [4.78, 5) is 2.40. The summed E-state index contributed by atoms with van der Waals surface area (Å²) in [6, 6.07) is 0. The molecule has 0 spiro atoms. The summed E-state index contributed by atoms with van der Waals surface area (Å²) in [5.41, 5.74) is 0.128. The van der Waals surface area contributed by atoms with E-state index < -0.39 is 0 Å². The molecule has 0 saturated carbocycles. The molecule has 2 nitrogen and oxygen atoms in total. The van der Waals surface area contributed by atoms with Gasteiger partial charge in [-0.3, -0.25) is 4.90 Å². The summed E-state index contributed by atoms with van der Waals surface area (Å²) in [5, 5.41) is 0. The molecule has 3 heteroatoms. The maximum absolute atomic E-state index is 5.62. The van der Waals surface area contributed by atoms with E-state index in [-0.39, 0.29) is 5.54 Å². The van der Waals surface area contributed by atoms with Crippen molar-refractivity contribution in [3.05, 3.63) is 11.1 Å². The number of halogens is 1. The van der Waals surface area contributed by atoms with E-state index in [1.54, 1.807) is 0 Å². The smallest absolute Gasteiger partial charge is 0.0675 e. The molecule has 1 atom stereocenters. The fraction of sp³-hybridized carbons (Fsp3) is 0.800. The van der Waals surface area contributed by atoms with Crippen molar-refractivity contribution in [1.29, 1.82) is 0 Å². The highest BCUT2D eigenvalue weighted by Crippen LogP contribution is 2.23. The first-order valence-corrected chi connectivity index (χ1v) is 5.41. The quantitative estimate of drug-likeness (QED) is 0.744. The highest BCUT2D eigenvalue weighted by Gasteiger charge is 2.33. The monoisotopic (exact) mass is 247 g/mol. The van der Waals surface area contributed by atoms with Crippen molar-refractivity contribution in [1.82, 2.24) is 4.90 Å². The van der Waals surface area contributed by atoms with E-state index in [0.29, 0.717) is 6.10 Å². The van der Waals surface area contributed by atoms with Gasteiger partial charge < -0.3 is 4.74 Å². The molecule has 0 radical (unpaired) electrons. The van der Waals surface area contributed by atoms with Gasteiger partial charge in [0.05, 0.1) is 12.7 Å². The molecule has 1 saturated heterocycles. The second-order valence-electron chi connectivity index (χ2n) is 4.33. The van der Waals surface area contributed by atoms with Crippen LogP contribution in [0.5, 0.6) is 0 Å². The molecule has 13 heavy (non-hydrogen) atoms. The van der Waals surface area contributed by atoms with E-state index in [0.717, 1.165) is 24.2 Å². The van der Waals surface area contributed by atoms with Crippen LogP contribution < -0.4 is 0 Å². The SMILES string of the molecule is C=C(Br)CN1CC(C)OCC1(C)C. The Hall–Kier alpha value is 0.140. The van der Waals surface area contributed by atoms with Crippen molar-refractivity contribution in [2.24, 2.45) is 0 Å².